The highest BCUT2D eigenvalue weighted by Gasteiger charge is 2.22. The van der Waals surface area contributed by atoms with Crippen LogP contribution in [0.5, 0.6) is 0 Å². The van der Waals surface area contributed by atoms with Crippen molar-refractivity contribution >= 4 is 11.6 Å². The van der Waals surface area contributed by atoms with Crippen LogP contribution in [0.3, 0.4) is 0 Å². The average molecular weight is 488 g/mol. The second-order valence-electron chi connectivity index (χ2n) is 9.57. The summed E-state index contributed by atoms with van der Waals surface area (Å²) in [7, 11) is 2.02. The lowest BCUT2D eigenvalue weighted by Crippen LogP contribution is -2.23. The van der Waals surface area contributed by atoms with E-state index in [2.05, 4.69) is 103 Å². The monoisotopic (exact) mass is 487 g/mol. The number of aliphatic hydroxyl groups is 1. The third-order valence-corrected chi connectivity index (χ3v) is 7.31. The standard InChI is InChI=1S/C31H36ClN2O/c1-3-26(28-13-9-24(21-32)10-14-28)19-30(27-7-5-4-6-8-27)20-31(35)29-15-11-25(12-16-29)22-34-18-17-33(2)23-34/h4-18,23,26,30-31,35H,3,19-22H2,1-2H3/q+1. The van der Waals surface area contributed by atoms with Crippen molar-refractivity contribution in [1.29, 1.82) is 0 Å². The molecule has 3 unspecified atom stereocenters. The molecule has 1 heterocycles. The zero-order chi connectivity index (χ0) is 24.6. The molecule has 1 aromatic heterocycles. The van der Waals surface area contributed by atoms with Crippen molar-refractivity contribution in [2.75, 3.05) is 0 Å². The number of imidazole rings is 1. The van der Waals surface area contributed by atoms with E-state index in [1.165, 1.54) is 16.7 Å². The molecule has 0 saturated carbocycles. The van der Waals surface area contributed by atoms with Gasteiger partial charge in [0.25, 0.3) is 0 Å². The Morgan fingerprint density at radius 3 is 2.03 bits per heavy atom. The van der Waals surface area contributed by atoms with Gasteiger partial charge >= 0.3 is 0 Å². The highest BCUT2D eigenvalue weighted by molar-refractivity contribution is 6.17. The van der Waals surface area contributed by atoms with E-state index < -0.39 is 6.10 Å². The van der Waals surface area contributed by atoms with E-state index in [1.807, 2.05) is 17.8 Å². The summed E-state index contributed by atoms with van der Waals surface area (Å²) in [5, 5.41) is 11.2. The van der Waals surface area contributed by atoms with Gasteiger partial charge in [0.2, 0.25) is 6.33 Å². The number of hydrogen-bond acceptors (Lipinski definition) is 1. The van der Waals surface area contributed by atoms with Crippen LogP contribution in [0.1, 0.15) is 71.9 Å². The number of rotatable bonds is 11. The molecule has 0 amide bonds. The second kappa shape index (κ2) is 12.2. The fourth-order valence-corrected chi connectivity index (χ4v) is 5.09. The summed E-state index contributed by atoms with van der Waals surface area (Å²) < 4.78 is 4.19. The number of nitrogens with zero attached hydrogens (tertiary/aromatic N) is 2. The number of aliphatic hydroxyl groups excluding tert-OH is 1. The maximum atomic E-state index is 11.2. The van der Waals surface area contributed by atoms with Crippen molar-refractivity contribution in [3.8, 4) is 0 Å². The maximum absolute atomic E-state index is 11.2. The molecule has 0 aliphatic heterocycles. The van der Waals surface area contributed by atoms with E-state index in [4.69, 9.17) is 11.6 Å². The van der Waals surface area contributed by atoms with Gasteiger partial charge in [0.1, 0.15) is 18.9 Å². The summed E-state index contributed by atoms with van der Waals surface area (Å²) in [5.74, 6) is 1.24. The van der Waals surface area contributed by atoms with E-state index in [9.17, 15) is 5.11 Å². The molecule has 3 nitrogen and oxygen atoms in total. The lowest BCUT2D eigenvalue weighted by Gasteiger charge is -2.26. The molecule has 4 heteroatoms. The number of alkyl halides is 1. The Kier molecular flexibility index (Phi) is 8.79. The van der Waals surface area contributed by atoms with Gasteiger partial charge in [0, 0.05) is 5.88 Å². The number of benzene rings is 3. The Hall–Kier alpha value is -2.88. The van der Waals surface area contributed by atoms with Crippen molar-refractivity contribution < 1.29 is 9.67 Å². The van der Waals surface area contributed by atoms with E-state index in [1.54, 1.807) is 0 Å². The lowest BCUT2D eigenvalue weighted by molar-refractivity contribution is -0.671. The normalized spacial score (nSPS) is 13.9. The zero-order valence-electron chi connectivity index (χ0n) is 20.7. The fraction of sp³-hybridized carbons (Fsp3) is 0.323. The van der Waals surface area contributed by atoms with Crippen LogP contribution >= 0.6 is 11.6 Å². The Morgan fingerprint density at radius 1 is 0.800 bits per heavy atom. The largest absolute Gasteiger partial charge is 0.388 e. The molecule has 0 aliphatic carbocycles. The Labute approximate surface area is 214 Å². The summed E-state index contributed by atoms with van der Waals surface area (Å²) in [6.07, 6.45) is 8.44. The maximum Gasteiger partial charge on any atom is 0.243 e. The summed E-state index contributed by atoms with van der Waals surface area (Å²) in [6.45, 7) is 3.08. The van der Waals surface area contributed by atoms with Gasteiger partial charge in [0.05, 0.1) is 13.2 Å². The first kappa shape index (κ1) is 25.2. The van der Waals surface area contributed by atoms with Crippen LogP contribution in [0, 0.1) is 0 Å². The average Bonchev–Trinajstić information content (AvgIpc) is 3.31. The smallest absolute Gasteiger partial charge is 0.243 e. The minimum absolute atomic E-state index is 0.267. The van der Waals surface area contributed by atoms with Crippen molar-refractivity contribution in [1.82, 2.24) is 4.57 Å². The summed E-state index contributed by atoms with van der Waals surface area (Å²) in [5.41, 5.74) is 5.99. The summed E-state index contributed by atoms with van der Waals surface area (Å²) in [6, 6.07) is 27.8. The molecular formula is C31H36ClN2O+. The molecule has 1 N–H and O–H groups in total. The van der Waals surface area contributed by atoms with Gasteiger partial charge in [-0.1, -0.05) is 85.8 Å². The molecule has 0 radical (unpaired) electrons. The lowest BCUT2D eigenvalue weighted by atomic mass is 9.80. The molecule has 3 aromatic carbocycles. The third-order valence-electron chi connectivity index (χ3n) is 7.00. The van der Waals surface area contributed by atoms with Crippen molar-refractivity contribution in [3.05, 3.63) is 125 Å². The molecular weight excluding hydrogens is 452 g/mol. The van der Waals surface area contributed by atoms with Crippen LogP contribution in [0.25, 0.3) is 0 Å². The first-order chi connectivity index (χ1) is 17.1. The number of aromatic nitrogens is 2. The molecule has 4 rings (SSSR count). The van der Waals surface area contributed by atoms with Crippen LogP contribution in [-0.4, -0.2) is 9.67 Å². The van der Waals surface area contributed by atoms with Gasteiger partial charge in [-0.2, -0.15) is 0 Å². The number of aryl methyl sites for hydroxylation is 1. The van der Waals surface area contributed by atoms with Gasteiger partial charge < -0.3 is 5.11 Å². The highest BCUT2D eigenvalue weighted by Crippen LogP contribution is 2.38. The highest BCUT2D eigenvalue weighted by atomic mass is 35.5. The van der Waals surface area contributed by atoms with Crippen molar-refractivity contribution in [3.63, 3.8) is 0 Å². The fourth-order valence-electron chi connectivity index (χ4n) is 4.91. The van der Waals surface area contributed by atoms with Crippen LogP contribution in [-0.2, 0) is 19.5 Å². The van der Waals surface area contributed by atoms with Crippen LogP contribution in [0.15, 0.2) is 97.6 Å². The Bertz CT molecular complexity index is 1170. The molecule has 0 aliphatic rings. The van der Waals surface area contributed by atoms with E-state index >= 15 is 0 Å². The summed E-state index contributed by atoms with van der Waals surface area (Å²) >= 11 is 5.99. The first-order valence-electron chi connectivity index (χ1n) is 12.5. The number of hydrogen-bond donors (Lipinski definition) is 1. The molecule has 0 bridgehead atoms. The van der Waals surface area contributed by atoms with Gasteiger partial charge in [0.15, 0.2) is 0 Å². The number of halogens is 1. The van der Waals surface area contributed by atoms with Gasteiger partial charge in [-0.3, -0.25) is 0 Å². The molecule has 0 spiro atoms. The van der Waals surface area contributed by atoms with Gasteiger partial charge in [-0.25, -0.2) is 9.13 Å². The van der Waals surface area contributed by atoms with Crippen LogP contribution in [0.2, 0.25) is 0 Å². The Balaban J connectivity index is 1.48. The second-order valence-corrected chi connectivity index (χ2v) is 9.84. The predicted octanol–water partition coefficient (Wildman–Crippen LogP) is 6.89. The minimum atomic E-state index is -0.505. The van der Waals surface area contributed by atoms with E-state index in [0.29, 0.717) is 18.2 Å². The van der Waals surface area contributed by atoms with Gasteiger partial charge in [-0.05, 0) is 58.9 Å². The molecule has 182 valence electrons. The van der Waals surface area contributed by atoms with E-state index in [-0.39, 0.29) is 5.92 Å². The molecule has 0 fully saturated rings. The molecule has 35 heavy (non-hydrogen) atoms. The molecule has 0 saturated heterocycles. The van der Waals surface area contributed by atoms with E-state index in [0.717, 1.165) is 30.5 Å². The quantitative estimate of drug-likeness (QED) is 0.181. The van der Waals surface area contributed by atoms with Gasteiger partial charge in [-0.15, -0.1) is 11.6 Å². The third kappa shape index (κ3) is 6.84. The van der Waals surface area contributed by atoms with Crippen LogP contribution in [0.4, 0.5) is 0 Å². The minimum Gasteiger partial charge on any atom is -0.388 e. The Morgan fingerprint density at radius 2 is 1.43 bits per heavy atom. The molecule has 4 aromatic rings. The zero-order valence-corrected chi connectivity index (χ0v) is 21.5. The van der Waals surface area contributed by atoms with Crippen molar-refractivity contribution in [2.24, 2.45) is 7.05 Å². The SMILES string of the molecule is CCC(CC(CC(O)c1ccc(Cn2cc[n+](C)c2)cc1)c1ccccc1)c1ccc(CCl)cc1. The molecule has 3 atom stereocenters. The summed E-state index contributed by atoms with van der Waals surface area (Å²) in [4.78, 5) is 0. The first-order valence-corrected chi connectivity index (χ1v) is 13.1. The van der Waals surface area contributed by atoms with Crippen molar-refractivity contribution in [2.45, 2.75) is 56.6 Å². The predicted molar refractivity (Wildman–Crippen MR) is 144 cm³/mol. The topological polar surface area (TPSA) is 29.0 Å². The van der Waals surface area contributed by atoms with Crippen LogP contribution < -0.4 is 4.57 Å².